The topological polar surface area (TPSA) is 166 Å². The SMILES string of the molecule is COC1CC/C=C(\C)C(=O)NC2=CC(=O)C(NCCSC)=C(C[C@@H](C)C[C@H](OC)[C@H](O)[C@@H](C)/C=C(\C)[C@@H]1OC(N)=O)C2=O. The molecule has 2 rings (SSSR count). The van der Waals surface area contributed by atoms with Crippen LogP contribution >= 0.6 is 11.8 Å². The van der Waals surface area contributed by atoms with Crippen molar-refractivity contribution >= 4 is 35.3 Å². The number of nitrogens with one attached hydrogen (secondary N) is 2. The number of fused-ring (bicyclic) bond motifs is 2. The predicted octanol–water partition coefficient (Wildman–Crippen LogP) is 2.94. The highest BCUT2D eigenvalue weighted by atomic mass is 32.2. The largest absolute Gasteiger partial charge is 0.439 e. The molecule has 240 valence electrons. The lowest BCUT2D eigenvalue weighted by Gasteiger charge is -2.30. The van der Waals surface area contributed by atoms with Gasteiger partial charge < -0.3 is 35.7 Å². The summed E-state index contributed by atoms with van der Waals surface area (Å²) in [6.07, 6.45) is 4.06. The number of carbonyl (C=O) groups excluding carboxylic acids is 4. The van der Waals surface area contributed by atoms with E-state index in [0.717, 1.165) is 11.8 Å². The number of ether oxygens (including phenoxy) is 3. The smallest absolute Gasteiger partial charge is 0.405 e. The summed E-state index contributed by atoms with van der Waals surface area (Å²) in [6.45, 7) is 7.63. The molecule has 1 heterocycles. The molecule has 0 aromatic rings. The molecule has 11 nitrogen and oxygen atoms in total. The molecule has 0 fully saturated rings. The summed E-state index contributed by atoms with van der Waals surface area (Å²) >= 11 is 1.61. The fourth-order valence-corrected chi connectivity index (χ4v) is 5.67. The van der Waals surface area contributed by atoms with Crippen molar-refractivity contribution in [1.29, 1.82) is 0 Å². The van der Waals surface area contributed by atoms with E-state index < -0.39 is 48.1 Å². The van der Waals surface area contributed by atoms with Gasteiger partial charge in [-0.15, -0.1) is 0 Å². The fourth-order valence-electron chi connectivity index (χ4n) is 5.36. The van der Waals surface area contributed by atoms with Crippen molar-refractivity contribution in [1.82, 2.24) is 10.6 Å². The van der Waals surface area contributed by atoms with Crippen molar-refractivity contribution in [2.45, 2.75) is 77.8 Å². The van der Waals surface area contributed by atoms with Gasteiger partial charge in [0.2, 0.25) is 11.6 Å². The number of hydrogen-bond donors (Lipinski definition) is 4. The van der Waals surface area contributed by atoms with Crippen molar-refractivity contribution in [3.8, 4) is 0 Å². The average molecular weight is 622 g/mol. The van der Waals surface area contributed by atoms with Crippen molar-refractivity contribution in [2.24, 2.45) is 17.6 Å². The van der Waals surface area contributed by atoms with Crippen LogP contribution < -0.4 is 16.4 Å². The van der Waals surface area contributed by atoms with Crippen LogP contribution in [0.25, 0.3) is 0 Å². The summed E-state index contributed by atoms with van der Waals surface area (Å²) < 4.78 is 16.8. The lowest BCUT2D eigenvalue weighted by Crippen LogP contribution is -2.38. The molecule has 0 saturated heterocycles. The van der Waals surface area contributed by atoms with Gasteiger partial charge in [0.15, 0.2) is 6.10 Å². The van der Waals surface area contributed by atoms with Crippen molar-refractivity contribution in [3.63, 3.8) is 0 Å². The van der Waals surface area contributed by atoms with E-state index in [0.29, 0.717) is 42.5 Å². The van der Waals surface area contributed by atoms with E-state index in [2.05, 4.69) is 10.6 Å². The van der Waals surface area contributed by atoms with Crippen molar-refractivity contribution in [2.75, 3.05) is 32.8 Å². The molecular weight excluding hydrogens is 574 g/mol. The Balaban J connectivity index is 2.55. The summed E-state index contributed by atoms with van der Waals surface area (Å²) in [4.78, 5) is 51.6. The Labute approximate surface area is 258 Å². The first-order valence-corrected chi connectivity index (χ1v) is 15.9. The van der Waals surface area contributed by atoms with Gasteiger partial charge in [0, 0.05) is 49.7 Å². The van der Waals surface area contributed by atoms with E-state index in [4.69, 9.17) is 19.9 Å². The number of aliphatic hydroxyl groups is 1. The van der Waals surface area contributed by atoms with E-state index in [1.54, 1.807) is 37.8 Å². The Morgan fingerprint density at radius 3 is 2.44 bits per heavy atom. The van der Waals surface area contributed by atoms with Gasteiger partial charge in [0.25, 0.3) is 5.91 Å². The number of methoxy groups -OCH3 is 2. The van der Waals surface area contributed by atoms with Crippen LogP contribution in [0.5, 0.6) is 0 Å². The average Bonchev–Trinajstić information content (AvgIpc) is 2.95. The molecule has 1 aliphatic heterocycles. The van der Waals surface area contributed by atoms with Crippen LogP contribution in [0, 0.1) is 11.8 Å². The standard InChI is InChI=1S/C31H47N3O8S/c1-17-13-21-26(33-11-12-43-7)23(35)16-22(28(21)37)34-30(38)18(2)9-8-10-24(40-5)29(42-31(32)39)20(4)15-19(3)27(36)25(14-17)41-6/h9,15-17,19,24-25,27,29,33,36H,8,10-14H2,1-7H3,(H2,32,39)(H,34,38)/b18-9+,20-15+/t17-,19+,24?,25+,27-,29+/m1/s1. The van der Waals surface area contributed by atoms with Gasteiger partial charge in [-0.3, -0.25) is 14.4 Å². The van der Waals surface area contributed by atoms with Crippen LogP contribution in [0.2, 0.25) is 0 Å². The molecule has 2 amide bonds. The second-order valence-electron chi connectivity index (χ2n) is 11.2. The normalized spacial score (nSPS) is 30.9. The van der Waals surface area contributed by atoms with Crippen molar-refractivity contribution in [3.05, 3.63) is 46.3 Å². The third-order valence-electron chi connectivity index (χ3n) is 7.73. The third-order valence-corrected chi connectivity index (χ3v) is 8.34. The highest BCUT2D eigenvalue weighted by Crippen LogP contribution is 2.29. The van der Waals surface area contributed by atoms with Crippen LogP contribution in [0.3, 0.4) is 0 Å². The third kappa shape index (κ3) is 10.3. The monoisotopic (exact) mass is 621 g/mol. The Kier molecular flexibility index (Phi) is 14.7. The first kappa shape index (κ1) is 36.3. The second kappa shape index (κ2) is 17.4. The molecule has 0 spiro atoms. The molecule has 2 bridgehead atoms. The van der Waals surface area contributed by atoms with E-state index >= 15 is 0 Å². The number of aliphatic hydroxyl groups excluding tert-OH is 1. The van der Waals surface area contributed by atoms with Gasteiger partial charge in [0.1, 0.15) is 0 Å². The molecule has 0 aromatic carbocycles. The van der Waals surface area contributed by atoms with Crippen LogP contribution in [0.15, 0.2) is 46.3 Å². The second-order valence-corrected chi connectivity index (χ2v) is 12.1. The predicted molar refractivity (Wildman–Crippen MR) is 166 cm³/mol. The maximum Gasteiger partial charge on any atom is 0.405 e. The zero-order valence-corrected chi connectivity index (χ0v) is 27.0. The number of nitrogens with two attached hydrogens (primary N) is 1. The van der Waals surface area contributed by atoms with E-state index in [1.165, 1.54) is 14.2 Å². The molecule has 5 N–H and O–H groups in total. The quantitative estimate of drug-likeness (QED) is 0.189. The number of Topliss-reactive ketones (excluding diaryl/α,β-unsaturated/α-hetero) is 1. The van der Waals surface area contributed by atoms with Gasteiger partial charge in [-0.25, -0.2) is 4.79 Å². The number of rotatable bonds is 7. The number of carbonyl (C=O) groups is 4. The molecular formula is C31H47N3O8S. The van der Waals surface area contributed by atoms with Crippen molar-refractivity contribution < 1.29 is 38.5 Å². The zero-order chi connectivity index (χ0) is 32.3. The molecule has 0 saturated carbocycles. The summed E-state index contributed by atoms with van der Waals surface area (Å²) in [7, 11) is 3.00. The molecule has 1 aliphatic carbocycles. The maximum absolute atomic E-state index is 13.6. The van der Waals surface area contributed by atoms with Gasteiger partial charge >= 0.3 is 6.09 Å². The maximum atomic E-state index is 13.6. The molecule has 0 aromatic heterocycles. The number of primary amides is 1. The number of ketones is 2. The van der Waals surface area contributed by atoms with Crippen LogP contribution in [0.4, 0.5) is 4.79 Å². The summed E-state index contributed by atoms with van der Waals surface area (Å²) in [6, 6.07) is 0. The van der Waals surface area contributed by atoms with E-state index in [9.17, 15) is 24.3 Å². The Bertz CT molecular complexity index is 1160. The van der Waals surface area contributed by atoms with Crippen LogP contribution in [-0.2, 0) is 28.6 Å². The van der Waals surface area contributed by atoms with Gasteiger partial charge in [-0.2, -0.15) is 11.8 Å². The minimum absolute atomic E-state index is 0.0836. The van der Waals surface area contributed by atoms with E-state index in [1.807, 2.05) is 20.1 Å². The summed E-state index contributed by atoms with van der Waals surface area (Å²) in [5.41, 5.74) is 6.80. The highest BCUT2D eigenvalue weighted by molar-refractivity contribution is 7.98. The van der Waals surface area contributed by atoms with Crippen LogP contribution in [-0.4, -0.2) is 85.9 Å². The Hall–Kier alpha value is -2.93. The summed E-state index contributed by atoms with van der Waals surface area (Å²) in [5, 5.41) is 17.0. The Morgan fingerprint density at radius 2 is 1.84 bits per heavy atom. The van der Waals surface area contributed by atoms with Gasteiger partial charge in [-0.1, -0.05) is 26.0 Å². The molecule has 12 heteroatoms. The molecule has 2 aliphatic rings. The number of allylic oxidation sites excluding steroid dienone is 3. The molecule has 0 radical (unpaired) electrons. The fraction of sp³-hybridized carbons (Fsp3) is 0.613. The van der Waals surface area contributed by atoms with Crippen LogP contribution in [0.1, 0.15) is 53.4 Å². The first-order valence-electron chi connectivity index (χ1n) is 14.5. The van der Waals surface area contributed by atoms with Gasteiger partial charge in [-0.05, 0) is 57.3 Å². The minimum atomic E-state index is -0.962. The Morgan fingerprint density at radius 1 is 1.16 bits per heavy atom. The number of thioether (sulfide) groups is 1. The highest BCUT2D eigenvalue weighted by Gasteiger charge is 2.33. The van der Waals surface area contributed by atoms with Gasteiger partial charge in [0.05, 0.1) is 29.7 Å². The number of hydrogen-bond acceptors (Lipinski definition) is 10. The summed E-state index contributed by atoms with van der Waals surface area (Å²) in [5.74, 6) is -1.17. The van der Waals surface area contributed by atoms with E-state index in [-0.39, 0.29) is 29.5 Å². The first-order chi connectivity index (χ1) is 20.3. The molecule has 43 heavy (non-hydrogen) atoms. The lowest BCUT2D eigenvalue weighted by molar-refractivity contribution is -0.120. The zero-order valence-electron chi connectivity index (χ0n) is 26.2. The number of amides is 2. The lowest BCUT2D eigenvalue weighted by atomic mass is 9.85. The molecule has 1 unspecified atom stereocenters. The molecule has 6 atom stereocenters. The minimum Gasteiger partial charge on any atom is -0.439 e.